The minimum atomic E-state index is 0.866. The lowest BCUT2D eigenvalue weighted by atomic mass is 10.3. The van der Waals surface area contributed by atoms with Crippen molar-refractivity contribution in [2.24, 2.45) is 0 Å². The fourth-order valence-electron chi connectivity index (χ4n) is 1.99. The van der Waals surface area contributed by atoms with Crippen molar-refractivity contribution in [3.63, 3.8) is 0 Å². The lowest BCUT2D eigenvalue weighted by molar-refractivity contribution is 0.833. The van der Waals surface area contributed by atoms with Crippen molar-refractivity contribution in [3.8, 4) is 0 Å². The van der Waals surface area contributed by atoms with Crippen LogP contribution in [0.25, 0.3) is 0 Å². The van der Waals surface area contributed by atoms with Crippen molar-refractivity contribution in [1.82, 2.24) is 9.97 Å². The van der Waals surface area contributed by atoms with Crippen LogP contribution in [0.4, 0.5) is 11.6 Å². The van der Waals surface area contributed by atoms with Gasteiger partial charge < -0.3 is 10.6 Å². The van der Waals surface area contributed by atoms with Gasteiger partial charge >= 0.3 is 0 Å². The molecule has 2 N–H and O–H groups in total. The molecular weight excluding hydrogens is 348 g/mol. The summed E-state index contributed by atoms with van der Waals surface area (Å²) in [4.78, 5) is 10.5. The molecule has 0 saturated heterocycles. The van der Waals surface area contributed by atoms with Crippen LogP contribution < -0.4 is 10.6 Å². The largest absolute Gasteiger partial charge is 0.370 e. The number of hydrogen-bond donors (Lipinski definition) is 2. The molecule has 2 heterocycles. The zero-order chi connectivity index (χ0) is 15.1. The van der Waals surface area contributed by atoms with E-state index >= 15 is 0 Å². The number of aromatic nitrogens is 2. The topological polar surface area (TPSA) is 49.8 Å². The summed E-state index contributed by atoms with van der Waals surface area (Å²) in [6.07, 6.45) is 2.96. The van der Waals surface area contributed by atoms with Crippen LogP contribution >= 0.6 is 27.3 Å². The summed E-state index contributed by atoms with van der Waals surface area (Å²) >= 11 is 5.27. The van der Waals surface area contributed by atoms with Crippen molar-refractivity contribution in [2.45, 2.75) is 33.1 Å². The molecule has 0 amide bonds. The average molecular weight is 369 g/mol. The molecule has 0 aliphatic rings. The van der Waals surface area contributed by atoms with Crippen LogP contribution in [-0.4, -0.2) is 23.1 Å². The zero-order valence-electron chi connectivity index (χ0n) is 12.4. The minimum Gasteiger partial charge on any atom is -0.370 e. The first-order valence-corrected chi connectivity index (χ1v) is 8.92. The molecule has 6 heteroatoms. The van der Waals surface area contributed by atoms with Gasteiger partial charge in [0.25, 0.3) is 0 Å². The maximum atomic E-state index is 4.57. The number of halogens is 1. The van der Waals surface area contributed by atoms with E-state index in [1.54, 1.807) is 11.3 Å². The summed E-state index contributed by atoms with van der Waals surface area (Å²) in [5.74, 6) is 2.70. The second kappa shape index (κ2) is 8.34. The van der Waals surface area contributed by atoms with Crippen molar-refractivity contribution < 1.29 is 0 Å². The Hall–Kier alpha value is -1.14. The number of anilines is 2. The van der Waals surface area contributed by atoms with Crippen LogP contribution in [0.5, 0.6) is 0 Å². The molecule has 2 rings (SSSR count). The van der Waals surface area contributed by atoms with E-state index in [0.717, 1.165) is 49.8 Å². The summed E-state index contributed by atoms with van der Waals surface area (Å²) in [7, 11) is 0. The van der Waals surface area contributed by atoms with Gasteiger partial charge in [0.05, 0.1) is 3.79 Å². The van der Waals surface area contributed by atoms with Gasteiger partial charge in [0.1, 0.15) is 17.5 Å². The Bertz CT molecular complexity index is 546. The second-order valence-electron chi connectivity index (χ2n) is 4.72. The van der Waals surface area contributed by atoms with Gasteiger partial charge in [-0.1, -0.05) is 6.92 Å². The van der Waals surface area contributed by atoms with Crippen LogP contribution in [0.3, 0.4) is 0 Å². The zero-order valence-corrected chi connectivity index (χ0v) is 14.9. The number of nitrogens with zero attached hydrogens (tertiary/aromatic N) is 2. The fraction of sp³-hybridized carbons (Fsp3) is 0.467. The molecule has 0 aliphatic carbocycles. The molecule has 21 heavy (non-hydrogen) atoms. The first kappa shape index (κ1) is 16.2. The van der Waals surface area contributed by atoms with E-state index in [4.69, 9.17) is 0 Å². The maximum absolute atomic E-state index is 4.57. The molecule has 0 saturated carbocycles. The number of hydrogen-bond acceptors (Lipinski definition) is 5. The van der Waals surface area contributed by atoms with Crippen LogP contribution in [-0.2, 0) is 12.8 Å². The highest BCUT2D eigenvalue weighted by Crippen LogP contribution is 2.22. The lowest BCUT2D eigenvalue weighted by Gasteiger charge is -2.10. The normalized spacial score (nSPS) is 10.6. The summed E-state index contributed by atoms with van der Waals surface area (Å²) in [5, 5.41) is 6.66. The minimum absolute atomic E-state index is 0.866. The third-order valence-electron chi connectivity index (χ3n) is 2.91. The third-order valence-corrected chi connectivity index (χ3v) is 4.59. The number of thiophene rings is 1. The lowest BCUT2D eigenvalue weighted by Crippen LogP contribution is -2.10. The van der Waals surface area contributed by atoms with Crippen LogP contribution in [0.2, 0.25) is 0 Å². The molecular formula is C15H21BrN4S. The van der Waals surface area contributed by atoms with Crippen LogP contribution in [0, 0.1) is 0 Å². The molecule has 0 unspecified atom stereocenters. The molecule has 4 nitrogen and oxygen atoms in total. The Morgan fingerprint density at radius 3 is 2.48 bits per heavy atom. The molecule has 0 radical (unpaired) electrons. The predicted octanol–water partition coefficient (Wildman–Crippen LogP) is 4.34. The van der Waals surface area contributed by atoms with Crippen molar-refractivity contribution >= 4 is 38.9 Å². The first-order valence-electron chi connectivity index (χ1n) is 7.31. The van der Waals surface area contributed by atoms with Crippen molar-refractivity contribution in [1.29, 1.82) is 0 Å². The molecule has 2 aromatic rings. The number of rotatable bonds is 8. The first-order chi connectivity index (χ1) is 10.2. The van der Waals surface area contributed by atoms with E-state index in [0.29, 0.717) is 0 Å². The maximum Gasteiger partial charge on any atom is 0.133 e. The molecule has 0 atom stereocenters. The summed E-state index contributed by atoms with van der Waals surface area (Å²) in [6.45, 7) is 5.96. The predicted molar refractivity (Wildman–Crippen MR) is 94.4 cm³/mol. The Balaban J connectivity index is 1.97. The monoisotopic (exact) mass is 368 g/mol. The van der Waals surface area contributed by atoms with Gasteiger partial charge in [0.2, 0.25) is 0 Å². The Kier molecular flexibility index (Phi) is 6.45. The van der Waals surface area contributed by atoms with Gasteiger partial charge in [0.15, 0.2) is 0 Å². The molecule has 0 fully saturated rings. The van der Waals surface area contributed by atoms with E-state index in [9.17, 15) is 0 Å². The van der Waals surface area contributed by atoms with E-state index in [-0.39, 0.29) is 0 Å². The molecule has 0 aliphatic heterocycles. The van der Waals surface area contributed by atoms with Gasteiger partial charge in [-0.2, -0.15) is 0 Å². The van der Waals surface area contributed by atoms with Gasteiger partial charge in [-0.15, -0.1) is 11.3 Å². The highest BCUT2D eigenvalue weighted by molar-refractivity contribution is 9.11. The van der Waals surface area contributed by atoms with E-state index in [2.05, 4.69) is 62.5 Å². The second-order valence-corrected chi connectivity index (χ2v) is 7.27. The number of nitrogens with one attached hydrogen (secondary N) is 2. The quantitative estimate of drug-likeness (QED) is 0.727. The van der Waals surface area contributed by atoms with Gasteiger partial charge in [0, 0.05) is 30.5 Å². The van der Waals surface area contributed by atoms with Crippen molar-refractivity contribution in [3.05, 3.63) is 32.7 Å². The van der Waals surface area contributed by atoms with E-state index < -0.39 is 0 Å². The highest BCUT2D eigenvalue weighted by Gasteiger charge is 2.04. The molecule has 114 valence electrons. The Morgan fingerprint density at radius 2 is 1.86 bits per heavy atom. The van der Waals surface area contributed by atoms with E-state index in [1.165, 1.54) is 8.66 Å². The molecule has 0 spiro atoms. The van der Waals surface area contributed by atoms with Crippen LogP contribution in [0.1, 0.15) is 31.0 Å². The number of aryl methyl sites for hydroxylation is 1. The van der Waals surface area contributed by atoms with Gasteiger partial charge in [-0.25, -0.2) is 9.97 Å². The average Bonchev–Trinajstić information content (AvgIpc) is 2.85. The highest BCUT2D eigenvalue weighted by atomic mass is 79.9. The van der Waals surface area contributed by atoms with Gasteiger partial charge in [-0.05, 0) is 47.8 Å². The van der Waals surface area contributed by atoms with Crippen molar-refractivity contribution in [2.75, 3.05) is 23.7 Å². The Labute approximate surface area is 138 Å². The molecule has 0 aromatic carbocycles. The van der Waals surface area contributed by atoms with Gasteiger partial charge in [-0.3, -0.25) is 0 Å². The van der Waals surface area contributed by atoms with Crippen LogP contribution in [0.15, 0.2) is 22.0 Å². The summed E-state index contributed by atoms with van der Waals surface area (Å²) < 4.78 is 1.18. The summed E-state index contributed by atoms with van der Waals surface area (Å²) in [5.41, 5.74) is 0. The molecule has 0 bridgehead atoms. The standard InChI is InChI=1S/C15H21BrN4S/c1-3-5-13-19-14(17-4-2)10-15(20-13)18-9-8-11-6-7-12(16)21-11/h6-7,10H,3-5,8-9H2,1-2H3,(H2,17,18,19,20). The fourth-order valence-corrected chi connectivity index (χ4v) is 3.48. The summed E-state index contributed by atoms with van der Waals surface area (Å²) in [6, 6.07) is 6.23. The smallest absolute Gasteiger partial charge is 0.133 e. The Morgan fingerprint density at radius 1 is 1.10 bits per heavy atom. The SMILES string of the molecule is CCCc1nc(NCC)cc(NCCc2ccc(Br)s2)n1. The van der Waals surface area contributed by atoms with E-state index in [1.807, 2.05) is 6.07 Å². The third kappa shape index (κ3) is 5.28. The molecule has 2 aromatic heterocycles.